The Hall–Kier alpha value is -2.29. The van der Waals surface area contributed by atoms with E-state index in [2.05, 4.69) is 31.2 Å². The molecule has 0 radical (unpaired) electrons. The van der Waals surface area contributed by atoms with Crippen LogP contribution >= 0.6 is 0 Å². The molecule has 0 saturated carbocycles. The van der Waals surface area contributed by atoms with Crippen molar-refractivity contribution in [2.24, 2.45) is 5.92 Å². The van der Waals surface area contributed by atoms with Gasteiger partial charge in [0.15, 0.2) is 0 Å². The van der Waals surface area contributed by atoms with Gasteiger partial charge in [0, 0.05) is 26.2 Å². The SMILES string of the molecule is Cc1ccc(CCC2CCN(C(=O)c3cc(S(=O)(=O)N4CCOCC4)ccc3F)CC2)cc1. The highest BCUT2D eigenvalue weighted by molar-refractivity contribution is 7.89. The summed E-state index contributed by atoms with van der Waals surface area (Å²) in [7, 11) is -3.79. The molecule has 2 heterocycles. The highest BCUT2D eigenvalue weighted by Gasteiger charge is 2.30. The summed E-state index contributed by atoms with van der Waals surface area (Å²) in [5, 5.41) is 0. The van der Waals surface area contributed by atoms with Crippen LogP contribution in [0.2, 0.25) is 0 Å². The summed E-state index contributed by atoms with van der Waals surface area (Å²) in [4.78, 5) is 14.6. The van der Waals surface area contributed by atoms with E-state index in [4.69, 9.17) is 4.74 Å². The van der Waals surface area contributed by atoms with Crippen molar-refractivity contribution in [3.63, 3.8) is 0 Å². The molecule has 8 heteroatoms. The van der Waals surface area contributed by atoms with Crippen LogP contribution in [-0.2, 0) is 21.2 Å². The van der Waals surface area contributed by atoms with Crippen molar-refractivity contribution >= 4 is 15.9 Å². The molecule has 0 spiro atoms. The monoisotopic (exact) mass is 474 g/mol. The van der Waals surface area contributed by atoms with Crippen LogP contribution in [0.1, 0.15) is 40.7 Å². The first kappa shape index (κ1) is 23.9. The number of rotatable bonds is 6. The number of carbonyl (C=O) groups excluding carboxylic acids is 1. The summed E-state index contributed by atoms with van der Waals surface area (Å²) in [6.07, 6.45) is 3.80. The Morgan fingerprint density at radius 1 is 1.03 bits per heavy atom. The number of likely N-dealkylation sites (tertiary alicyclic amines) is 1. The Morgan fingerprint density at radius 2 is 1.70 bits per heavy atom. The quantitative estimate of drug-likeness (QED) is 0.641. The second-order valence-electron chi connectivity index (χ2n) is 8.92. The molecule has 1 amide bonds. The number of ether oxygens (including phenoxy) is 1. The zero-order valence-corrected chi connectivity index (χ0v) is 19.8. The maximum absolute atomic E-state index is 14.5. The average Bonchev–Trinajstić information content (AvgIpc) is 2.84. The van der Waals surface area contributed by atoms with Crippen molar-refractivity contribution in [3.8, 4) is 0 Å². The molecule has 2 aliphatic heterocycles. The molecule has 6 nitrogen and oxygen atoms in total. The van der Waals surface area contributed by atoms with E-state index in [9.17, 15) is 17.6 Å². The van der Waals surface area contributed by atoms with E-state index in [0.717, 1.165) is 31.7 Å². The normalized spacial score (nSPS) is 18.4. The molecular formula is C25H31FN2O4S. The molecule has 0 unspecified atom stereocenters. The van der Waals surface area contributed by atoms with Gasteiger partial charge < -0.3 is 9.64 Å². The van der Waals surface area contributed by atoms with Crippen LogP contribution in [-0.4, -0.2) is 62.9 Å². The molecule has 0 atom stereocenters. The molecule has 0 aliphatic carbocycles. The Kier molecular flexibility index (Phi) is 7.46. The van der Waals surface area contributed by atoms with Gasteiger partial charge in [0.05, 0.1) is 23.7 Å². The predicted molar refractivity (Wildman–Crippen MR) is 124 cm³/mol. The fraction of sp³-hybridized carbons (Fsp3) is 0.480. The van der Waals surface area contributed by atoms with E-state index >= 15 is 0 Å². The molecule has 0 bridgehead atoms. The molecule has 0 N–H and O–H groups in total. The number of nitrogens with zero attached hydrogens (tertiary/aromatic N) is 2. The van der Waals surface area contributed by atoms with E-state index < -0.39 is 21.7 Å². The number of benzene rings is 2. The molecule has 2 fully saturated rings. The van der Waals surface area contributed by atoms with Crippen molar-refractivity contribution in [1.29, 1.82) is 0 Å². The minimum Gasteiger partial charge on any atom is -0.379 e. The first-order chi connectivity index (χ1) is 15.8. The van der Waals surface area contributed by atoms with Crippen LogP contribution < -0.4 is 0 Å². The number of halogens is 1. The van der Waals surface area contributed by atoms with Crippen molar-refractivity contribution in [3.05, 3.63) is 65.0 Å². The first-order valence-electron chi connectivity index (χ1n) is 11.6. The molecular weight excluding hydrogens is 443 g/mol. The lowest BCUT2D eigenvalue weighted by Gasteiger charge is -2.32. The van der Waals surface area contributed by atoms with Crippen LogP contribution in [0.5, 0.6) is 0 Å². The Balaban J connectivity index is 1.38. The number of morpholine rings is 1. The van der Waals surface area contributed by atoms with Gasteiger partial charge in [-0.3, -0.25) is 4.79 Å². The zero-order chi connectivity index (χ0) is 23.4. The third-order valence-electron chi connectivity index (χ3n) is 6.64. The Morgan fingerprint density at radius 3 is 2.36 bits per heavy atom. The van der Waals surface area contributed by atoms with Crippen molar-refractivity contribution in [1.82, 2.24) is 9.21 Å². The fourth-order valence-electron chi connectivity index (χ4n) is 4.49. The summed E-state index contributed by atoms with van der Waals surface area (Å²) in [6.45, 7) is 4.33. The zero-order valence-electron chi connectivity index (χ0n) is 19.0. The van der Waals surface area contributed by atoms with E-state index in [0.29, 0.717) is 32.2 Å². The van der Waals surface area contributed by atoms with E-state index in [1.54, 1.807) is 4.90 Å². The number of hydrogen-bond acceptors (Lipinski definition) is 4. The number of aryl methyl sites for hydroxylation is 2. The largest absolute Gasteiger partial charge is 0.379 e. The molecule has 178 valence electrons. The van der Waals surface area contributed by atoms with E-state index in [1.807, 2.05) is 0 Å². The van der Waals surface area contributed by atoms with Crippen LogP contribution in [0, 0.1) is 18.7 Å². The molecule has 2 aliphatic rings. The van der Waals surface area contributed by atoms with Crippen LogP contribution in [0.4, 0.5) is 4.39 Å². The lowest BCUT2D eigenvalue weighted by Crippen LogP contribution is -2.41. The molecule has 0 aromatic heterocycles. The smallest absolute Gasteiger partial charge is 0.256 e. The Labute approximate surface area is 195 Å². The number of sulfonamides is 1. The number of piperidine rings is 1. The lowest BCUT2D eigenvalue weighted by atomic mass is 9.90. The second-order valence-corrected chi connectivity index (χ2v) is 10.9. The standard InChI is InChI=1S/C25H31FN2O4S/c1-19-2-4-20(5-3-19)6-7-21-10-12-27(13-11-21)25(29)23-18-22(8-9-24(23)26)33(30,31)28-14-16-32-17-15-28/h2-5,8-9,18,21H,6-7,10-17H2,1H3. The summed E-state index contributed by atoms with van der Waals surface area (Å²) in [6, 6.07) is 12.1. The number of carbonyl (C=O) groups is 1. The van der Waals surface area contributed by atoms with Gasteiger partial charge in [-0.05, 0) is 62.3 Å². The van der Waals surface area contributed by atoms with Crippen LogP contribution in [0.25, 0.3) is 0 Å². The summed E-state index contributed by atoms with van der Waals surface area (Å²) >= 11 is 0. The lowest BCUT2D eigenvalue weighted by molar-refractivity contribution is 0.0681. The van der Waals surface area contributed by atoms with Crippen LogP contribution in [0.3, 0.4) is 0 Å². The van der Waals surface area contributed by atoms with E-state index in [1.165, 1.54) is 27.6 Å². The third-order valence-corrected chi connectivity index (χ3v) is 8.53. The summed E-state index contributed by atoms with van der Waals surface area (Å²) in [5.41, 5.74) is 2.39. The summed E-state index contributed by atoms with van der Waals surface area (Å²) in [5.74, 6) is -0.612. The topological polar surface area (TPSA) is 66.9 Å². The van der Waals surface area contributed by atoms with Gasteiger partial charge in [-0.1, -0.05) is 29.8 Å². The highest BCUT2D eigenvalue weighted by atomic mass is 32.2. The van der Waals surface area contributed by atoms with Crippen molar-refractivity contribution in [2.75, 3.05) is 39.4 Å². The van der Waals surface area contributed by atoms with Gasteiger partial charge in [0.1, 0.15) is 5.82 Å². The maximum Gasteiger partial charge on any atom is 0.256 e. The molecule has 33 heavy (non-hydrogen) atoms. The third kappa shape index (κ3) is 5.62. The fourth-order valence-corrected chi connectivity index (χ4v) is 5.92. The van der Waals surface area contributed by atoms with Crippen molar-refractivity contribution in [2.45, 2.75) is 37.5 Å². The van der Waals surface area contributed by atoms with E-state index in [-0.39, 0.29) is 23.5 Å². The summed E-state index contributed by atoms with van der Waals surface area (Å²) < 4.78 is 46.9. The van der Waals surface area contributed by atoms with Crippen molar-refractivity contribution < 1.29 is 22.3 Å². The molecule has 2 saturated heterocycles. The van der Waals surface area contributed by atoms with Crippen LogP contribution in [0.15, 0.2) is 47.4 Å². The highest BCUT2D eigenvalue weighted by Crippen LogP contribution is 2.26. The second kappa shape index (κ2) is 10.3. The van der Waals surface area contributed by atoms with Gasteiger partial charge in [-0.15, -0.1) is 0 Å². The van der Waals surface area contributed by atoms with Gasteiger partial charge in [0.25, 0.3) is 5.91 Å². The van der Waals surface area contributed by atoms with Gasteiger partial charge >= 0.3 is 0 Å². The molecule has 2 aromatic carbocycles. The molecule has 2 aromatic rings. The minimum absolute atomic E-state index is 0.0536. The first-order valence-corrected chi connectivity index (χ1v) is 13.0. The van der Waals surface area contributed by atoms with Gasteiger partial charge in [-0.25, -0.2) is 12.8 Å². The maximum atomic E-state index is 14.5. The Bertz CT molecular complexity index is 1070. The van der Waals surface area contributed by atoms with Gasteiger partial charge in [-0.2, -0.15) is 4.31 Å². The van der Waals surface area contributed by atoms with Gasteiger partial charge in [0.2, 0.25) is 10.0 Å². The molecule has 4 rings (SSSR count). The number of hydrogen-bond donors (Lipinski definition) is 0. The minimum atomic E-state index is -3.79. The average molecular weight is 475 g/mol. The number of amides is 1. The predicted octanol–water partition coefficient (Wildman–Crippen LogP) is 3.64.